The van der Waals surface area contributed by atoms with Crippen molar-refractivity contribution in [2.75, 3.05) is 33.3 Å². The molecule has 0 aliphatic carbocycles. The number of methoxy groups -OCH3 is 1. The molecule has 1 aliphatic heterocycles. The van der Waals surface area contributed by atoms with Crippen LogP contribution in [-0.4, -0.2) is 44.1 Å². The molecule has 4 nitrogen and oxygen atoms in total. The number of carbonyl (C=O) groups excluding carboxylic acids is 1. The highest BCUT2D eigenvalue weighted by molar-refractivity contribution is 5.94. The first-order chi connectivity index (χ1) is 10.7. The van der Waals surface area contributed by atoms with Crippen molar-refractivity contribution in [1.29, 1.82) is 0 Å². The predicted molar refractivity (Wildman–Crippen MR) is 88.9 cm³/mol. The number of nitrogens with zero attached hydrogens (tertiary/aromatic N) is 1. The van der Waals surface area contributed by atoms with Crippen molar-refractivity contribution >= 4 is 5.91 Å². The van der Waals surface area contributed by atoms with Gasteiger partial charge in [-0.15, -0.1) is 0 Å². The van der Waals surface area contributed by atoms with Crippen LogP contribution in [-0.2, 0) is 11.3 Å². The summed E-state index contributed by atoms with van der Waals surface area (Å²) < 4.78 is 5.07. The lowest BCUT2D eigenvalue weighted by Crippen LogP contribution is -2.35. The standard InChI is InChI=1S/C18H28N2O2/c1-15-8-12-20(13-9-15)11-3-10-19-18(21)17-6-4-16(5-7-17)14-22-2/h4-7,15H,3,8-14H2,1-2H3,(H,19,21). The van der Waals surface area contributed by atoms with Crippen molar-refractivity contribution in [1.82, 2.24) is 10.2 Å². The smallest absolute Gasteiger partial charge is 0.251 e. The Morgan fingerprint density at radius 1 is 1.27 bits per heavy atom. The Bertz CT molecular complexity index is 451. The molecule has 1 saturated heterocycles. The number of rotatable bonds is 7. The highest BCUT2D eigenvalue weighted by Gasteiger charge is 2.14. The maximum absolute atomic E-state index is 12.1. The second-order valence-electron chi connectivity index (χ2n) is 6.26. The molecule has 1 aliphatic rings. The number of piperidine rings is 1. The Hall–Kier alpha value is -1.39. The van der Waals surface area contributed by atoms with Crippen molar-refractivity contribution < 1.29 is 9.53 Å². The van der Waals surface area contributed by atoms with Gasteiger partial charge in [-0.2, -0.15) is 0 Å². The summed E-state index contributed by atoms with van der Waals surface area (Å²) in [5.41, 5.74) is 1.80. The quantitative estimate of drug-likeness (QED) is 0.788. The zero-order valence-electron chi connectivity index (χ0n) is 13.8. The minimum Gasteiger partial charge on any atom is -0.380 e. The molecule has 122 valence electrons. The van der Waals surface area contributed by atoms with Gasteiger partial charge in [0.25, 0.3) is 5.91 Å². The maximum Gasteiger partial charge on any atom is 0.251 e. The fraction of sp³-hybridized carbons (Fsp3) is 0.611. The van der Waals surface area contributed by atoms with E-state index in [1.54, 1.807) is 7.11 Å². The van der Waals surface area contributed by atoms with E-state index in [0.717, 1.165) is 31.0 Å². The van der Waals surface area contributed by atoms with Gasteiger partial charge in [-0.1, -0.05) is 19.1 Å². The summed E-state index contributed by atoms with van der Waals surface area (Å²) in [6.45, 7) is 7.14. The van der Waals surface area contributed by atoms with Gasteiger partial charge in [-0.25, -0.2) is 0 Å². The normalized spacial score (nSPS) is 16.6. The first-order valence-corrected chi connectivity index (χ1v) is 8.27. The predicted octanol–water partition coefficient (Wildman–Crippen LogP) is 2.68. The number of hydrogen-bond donors (Lipinski definition) is 1. The lowest BCUT2D eigenvalue weighted by atomic mass is 9.99. The molecule has 22 heavy (non-hydrogen) atoms. The second-order valence-corrected chi connectivity index (χ2v) is 6.26. The van der Waals surface area contributed by atoms with Crippen LogP contribution in [0.15, 0.2) is 24.3 Å². The van der Waals surface area contributed by atoms with E-state index in [-0.39, 0.29) is 5.91 Å². The van der Waals surface area contributed by atoms with Crippen LogP contribution in [0.1, 0.15) is 42.1 Å². The summed E-state index contributed by atoms with van der Waals surface area (Å²) in [6.07, 6.45) is 3.63. The maximum atomic E-state index is 12.1. The largest absolute Gasteiger partial charge is 0.380 e. The van der Waals surface area contributed by atoms with Crippen LogP contribution in [0.25, 0.3) is 0 Å². The average Bonchev–Trinajstić information content (AvgIpc) is 2.54. The Morgan fingerprint density at radius 3 is 2.59 bits per heavy atom. The molecule has 1 N–H and O–H groups in total. The van der Waals surface area contributed by atoms with Crippen molar-refractivity contribution in [3.8, 4) is 0 Å². The molecule has 0 spiro atoms. The summed E-state index contributed by atoms with van der Waals surface area (Å²) in [5.74, 6) is 0.883. The van der Waals surface area contributed by atoms with E-state index in [4.69, 9.17) is 4.74 Å². The molecule has 0 unspecified atom stereocenters. The minimum absolute atomic E-state index is 0.0104. The third-order valence-corrected chi connectivity index (χ3v) is 4.34. The molecule has 0 radical (unpaired) electrons. The number of amides is 1. The van der Waals surface area contributed by atoms with E-state index in [2.05, 4.69) is 17.1 Å². The van der Waals surface area contributed by atoms with Gasteiger partial charge in [0.1, 0.15) is 0 Å². The molecule has 4 heteroatoms. The molecule has 1 amide bonds. The fourth-order valence-corrected chi connectivity index (χ4v) is 2.81. The number of carbonyl (C=O) groups is 1. The number of hydrogen-bond acceptors (Lipinski definition) is 3. The van der Waals surface area contributed by atoms with E-state index in [9.17, 15) is 4.79 Å². The second kappa shape index (κ2) is 8.91. The van der Waals surface area contributed by atoms with Gasteiger partial charge in [-0.05, 0) is 62.5 Å². The molecule has 0 atom stereocenters. The van der Waals surface area contributed by atoms with Gasteiger partial charge in [0.05, 0.1) is 6.61 Å². The Labute approximate surface area is 133 Å². The van der Waals surface area contributed by atoms with Crippen LogP contribution in [0.4, 0.5) is 0 Å². The molecule has 1 fully saturated rings. The SMILES string of the molecule is COCc1ccc(C(=O)NCCCN2CCC(C)CC2)cc1. The van der Waals surface area contributed by atoms with Gasteiger partial charge < -0.3 is 15.0 Å². The van der Waals surface area contributed by atoms with Crippen LogP contribution in [0.5, 0.6) is 0 Å². The lowest BCUT2D eigenvalue weighted by Gasteiger charge is -2.30. The third kappa shape index (κ3) is 5.43. The zero-order valence-corrected chi connectivity index (χ0v) is 13.8. The summed E-state index contributed by atoms with van der Waals surface area (Å²) in [4.78, 5) is 14.6. The van der Waals surface area contributed by atoms with Gasteiger partial charge in [0.15, 0.2) is 0 Å². The fourth-order valence-electron chi connectivity index (χ4n) is 2.81. The van der Waals surface area contributed by atoms with E-state index >= 15 is 0 Å². The Kier molecular flexibility index (Phi) is 6.87. The molecule has 1 heterocycles. The molecule has 0 bridgehead atoms. The summed E-state index contributed by atoms with van der Waals surface area (Å²) in [6, 6.07) is 7.59. The van der Waals surface area contributed by atoms with E-state index in [1.807, 2.05) is 24.3 Å². The molecule has 2 rings (SSSR count). The van der Waals surface area contributed by atoms with Crippen molar-refractivity contribution in [2.24, 2.45) is 5.92 Å². The molecule has 1 aromatic rings. The molecule has 0 aromatic heterocycles. The van der Waals surface area contributed by atoms with Crippen molar-refractivity contribution in [3.05, 3.63) is 35.4 Å². The van der Waals surface area contributed by atoms with Crippen LogP contribution >= 0.6 is 0 Å². The van der Waals surface area contributed by atoms with E-state index < -0.39 is 0 Å². The van der Waals surface area contributed by atoms with Gasteiger partial charge in [-0.3, -0.25) is 4.79 Å². The first-order valence-electron chi connectivity index (χ1n) is 8.27. The highest BCUT2D eigenvalue weighted by Crippen LogP contribution is 2.15. The van der Waals surface area contributed by atoms with Crippen LogP contribution in [0.2, 0.25) is 0 Å². The van der Waals surface area contributed by atoms with E-state index in [0.29, 0.717) is 12.2 Å². The van der Waals surface area contributed by atoms with Gasteiger partial charge >= 0.3 is 0 Å². The van der Waals surface area contributed by atoms with E-state index in [1.165, 1.54) is 25.9 Å². The Balaban J connectivity index is 1.65. The first kappa shape index (κ1) is 17.0. The molecular weight excluding hydrogens is 276 g/mol. The minimum atomic E-state index is 0.0104. The zero-order chi connectivity index (χ0) is 15.8. The van der Waals surface area contributed by atoms with Gasteiger partial charge in [0, 0.05) is 19.2 Å². The monoisotopic (exact) mass is 304 g/mol. The topological polar surface area (TPSA) is 41.6 Å². The van der Waals surface area contributed by atoms with Crippen LogP contribution < -0.4 is 5.32 Å². The number of nitrogens with one attached hydrogen (secondary N) is 1. The highest BCUT2D eigenvalue weighted by atomic mass is 16.5. The number of ether oxygens (including phenoxy) is 1. The van der Waals surface area contributed by atoms with Crippen LogP contribution in [0, 0.1) is 5.92 Å². The third-order valence-electron chi connectivity index (χ3n) is 4.34. The van der Waals surface area contributed by atoms with Crippen LogP contribution in [0.3, 0.4) is 0 Å². The summed E-state index contributed by atoms with van der Waals surface area (Å²) in [7, 11) is 1.67. The number of likely N-dealkylation sites (tertiary alicyclic amines) is 1. The summed E-state index contributed by atoms with van der Waals surface area (Å²) in [5, 5.41) is 3.00. The molecule has 1 aromatic carbocycles. The number of benzene rings is 1. The van der Waals surface area contributed by atoms with Crippen molar-refractivity contribution in [3.63, 3.8) is 0 Å². The summed E-state index contributed by atoms with van der Waals surface area (Å²) >= 11 is 0. The average molecular weight is 304 g/mol. The lowest BCUT2D eigenvalue weighted by molar-refractivity contribution is 0.0950. The Morgan fingerprint density at radius 2 is 1.95 bits per heavy atom. The van der Waals surface area contributed by atoms with Crippen molar-refractivity contribution in [2.45, 2.75) is 32.8 Å². The molecular formula is C18H28N2O2. The molecule has 0 saturated carbocycles. The van der Waals surface area contributed by atoms with Gasteiger partial charge in [0.2, 0.25) is 0 Å².